The molecule has 10 heterocycles. The second-order valence-corrected chi connectivity index (χ2v) is 24.4. The number of amidine groups is 4. The number of nitrogens with one attached hydrogen (secondary N) is 4. The number of nitrogens with two attached hydrogens (primary N) is 4. The van der Waals surface area contributed by atoms with E-state index in [1.54, 1.807) is 93.0 Å². The van der Waals surface area contributed by atoms with Crippen LogP contribution in [-0.2, 0) is 0 Å². The molecule has 15 rings (SSSR count). The third-order valence-electron chi connectivity index (χ3n) is 16.0. The molecule has 122 heavy (non-hydrogen) atoms. The van der Waals surface area contributed by atoms with E-state index in [1.165, 1.54) is 55.2 Å². The average Bonchev–Trinajstić information content (AvgIpc) is 0.843. The molecular formula is C82H62B2N34O4. The van der Waals surface area contributed by atoms with Crippen LogP contribution in [0.4, 0.5) is 23.5 Å². The van der Waals surface area contributed by atoms with E-state index in [9.17, 15) is 0 Å². The van der Waals surface area contributed by atoms with Gasteiger partial charge < -0.3 is 62.4 Å². The Morgan fingerprint density at radius 1 is 0.303 bits per heavy atom. The molecule has 0 aliphatic heterocycles. The molecule has 0 atom stereocenters. The van der Waals surface area contributed by atoms with Gasteiger partial charge in [0.1, 0.15) is 53.3 Å². The average molecular weight is 1610 g/mol. The van der Waals surface area contributed by atoms with Crippen LogP contribution in [0.5, 0.6) is 0 Å². The van der Waals surface area contributed by atoms with Crippen LogP contribution in [-0.4, -0.2) is 157 Å². The summed E-state index contributed by atoms with van der Waals surface area (Å²) in [5, 5.41) is 81.4. The lowest BCUT2D eigenvalue weighted by Crippen LogP contribution is -2.34. The first-order valence-corrected chi connectivity index (χ1v) is 35.0. The lowest BCUT2D eigenvalue weighted by molar-refractivity contribution is 0.423. The molecule has 0 bridgehead atoms. The number of hydrogen-bond acceptors (Lipinski definition) is 30. The number of nitriles is 2. The zero-order valence-electron chi connectivity index (χ0n) is 64.0. The minimum atomic E-state index is -1.52. The summed E-state index contributed by atoms with van der Waals surface area (Å²) in [5.41, 5.74) is 38.3. The summed E-state index contributed by atoms with van der Waals surface area (Å²) in [4.78, 5) is 92.7. The Labute approximate surface area is 695 Å². The molecule has 15 aromatic rings. The third kappa shape index (κ3) is 25.9. The summed E-state index contributed by atoms with van der Waals surface area (Å²) in [6.07, 6.45) is 31.4. The summed E-state index contributed by atoms with van der Waals surface area (Å²) in [6.45, 7) is 30.5. The number of nitrogens with zero attached hydrogens (tertiary/aromatic N) is 26. The normalized spacial score (nSPS) is 9.77. The third-order valence-corrected chi connectivity index (χ3v) is 16.0. The van der Waals surface area contributed by atoms with E-state index < -0.39 is 14.2 Å². The van der Waals surface area contributed by atoms with Gasteiger partial charge >= 0.3 is 26.1 Å². The van der Waals surface area contributed by atoms with Gasteiger partial charge in [-0.3, -0.25) is 46.6 Å². The van der Waals surface area contributed by atoms with Crippen molar-refractivity contribution in [3.63, 3.8) is 0 Å². The largest absolute Gasteiger partial charge is 0.488 e. The molecule has 0 radical (unpaired) electrons. The van der Waals surface area contributed by atoms with Crippen LogP contribution in [0.15, 0.2) is 245 Å². The van der Waals surface area contributed by atoms with Crippen molar-refractivity contribution in [3.05, 3.63) is 337 Å². The fourth-order valence-corrected chi connectivity index (χ4v) is 9.65. The Bertz CT molecular complexity index is 5630. The van der Waals surface area contributed by atoms with Crippen molar-refractivity contribution in [1.29, 1.82) is 32.2 Å². The molecule has 40 heteroatoms. The molecule has 16 N–H and O–H groups in total. The predicted octanol–water partition coefficient (Wildman–Crippen LogP) is 8.10. The van der Waals surface area contributed by atoms with Crippen molar-refractivity contribution in [1.82, 2.24) is 99.7 Å². The van der Waals surface area contributed by atoms with E-state index in [-0.39, 0.29) is 64.2 Å². The molecule has 0 amide bonds. The summed E-state index contributed by atoms with van der Waals surface area (Å²) in [7, 11) is -3.04. The van der Waals surface area contributed by atoms with Crippen LogP contribution in [0.3, 0.4) is 0 Å². The Morgan fingerprint density at radius 3 is 0.869 bits per heavy atom. The number of benzene rings is 5. The maximum absolute atomic E-state index is 8.72. The number of rotatable bonds is 14. The van der Waals surface area contributed by atoms with Crippen LogP contribution in [0.2, 0.25) is 0 Å². The van der Waals surface area contributed by atoms with Gasteiger partial charge in [0.15, 0.2) is 29.0 Å². The molecule has 10 aromatic heterocycles. The van der Waals surface area contributed by atoms with Gasteiger partial charge in [0.2, 0.25) is 5.82 Å². The first-order chi connectivity index (χ1) is 58.9. The monoisotopic (exact) mass is 1610 g/mol. The fraction of sp³-hybridized carbons (Fsp3) is 0.0244. The number of hydrogen-bond donors (Lipinski definition) is 12. The standard InChI is InChI=1S/2C16H14N8.2C16H8N6.C6H8B2O4.2C6H5N3/c17-15(18)13-7-21-11(5-23-13)9-1-2-10(4-3-9)12-6-24-14(8-22-12)16(19)20;17-13(18)15-21-5-11(6-22-15)9-1-2-10(4-3-9)12-7-23-16(14(19)20)24-8-12;1-18-16-21-9-14(10-22-16)12-4-2-11(3-5-12)13-7-19-15(6-17)20-8-13;1-18-16-10-21-15(9-22-16)12-4-2-11(3-5-12)14-8-19-13(6-17)7-20-14;9-7(10)5-1-2-6(4-3-5)8(11)12;1-5-3-9-6(7-2)4-8-5;1-5-3-8-6(7-2)9-4-5/h2*1-8H,(H3,17,18)(H3,19,20);2*2-5,7-10H;1-4,9-12H;2*3-4H,1H3. The maximum Gasteiger partial charge on any atom is 0.488 e. The highest BCUT2D eigenvalue weighted by molar-refractivity contribution is 6.60. The topological polar surface area (TPSA) is 603 Å². The number of aromatic nitrogens is 20. The second-order valence-electron chi connectivity index (χ2n) is 24.4. The highest BCUT2D eigenvalue weighted by Crippen LogP contribution is 2.28. The molecule has 0 spiro atoms. The number of nitrogen functional groups attached to an aromatic ring is 4. The zero-order valence-corrected chi connectivity index (χ0v) is 64.0. The quantitative estimate of drug-likeness (QED) is 0.0212. The van der Waals surface area contributed by atoms with Crippen LogP contribution < -0.4 is 33.9 Å². The Morgan fingerprint density at radius 2 is 0.607 bits per heavy atom. The van der Waals surface area contributed by atoms with Crippen molar-refractivity contribution in [3.8, 4) is 102 Å². The lowest BCUT2D eigenvalue weighted by Gasteiger charge is -2.05. The van der Waals surface area contributed by atoms with E-state index in [0.717, 1.165) is 78.0 Å². The van der Waals surface area contributed by atoms with E-state index in [1.807, 2.05) is 123 Å². The molecule has 0 aliphatic carbocycles. The first kappa shape index (κ1) is 87.7. The molecule has 0 aliphatic rings. The Hall–Kier alpha value is -18.3. The molecule has 0 saturated carbocycles. The fourth-order valence-electron chi connectivity index (χ4n) is 9.65. The second kappa shape index (κ2) is 43.8. The highest BCUT2D eigenvalue weighted by Gasteiger charge is 2.16. The molecule has 0 saturated heterocycles. The van der Waals surface area contributed by atoms with Gasteiger partial charge in [0.25, 0.3) is 11.6 Å². The molecule has 5 aromatic carbocycles. The van der Waals surface area contributed by atoms with Crippen LogP contribution in [0.1, 0.15) is 45.8 Å². The van der Waals surface area contributed by atoms with Crippen molar-refractivity contribution < 1.29 is 20.1 Å². The van der Waals surface area contributed by atoms with E-state index in [2.05, 4.69) is 119 Å². The Balaban J connectivity index is 0.000000166. The molecule has 0 unspecified atom stereocenters. The molecule has 0 fully saturated rings. The first-order valence-electron chi connectivity index (χ1n) is 35.0. The van der Waals surface area contributed by atoms with E-state index >= 15 is 0 Å². The maximum atomic E-state index is 8.72. The van der Waals surface area contributed by atoms with Crippen LogP contribution in [0, 0.1) is 84.4 Å². The Kier molecular flexibility index (Phi) is 31.5. The van der Waals surface area contributed by atoms with Gasteiger partial charge in [-0.05, 0) is 47.0 Å². The predicted molar refractivity (Wildman–Crippen MR) is 452 cm³/mol. The van der Waals surface area contributed by atoms with E-state index in [4.69, 9.17) is 101 Å². The van der Waals surface area contributed by atoms with Crippen molar-refractivity contribution >= 4 is 72.0 Å². The van der Waals surface area contributed by atoms with Crippen molar-refractivity contribution in [2.75, 3.05) is 0 Å². The lowest BCUT2D eigenvalue weighted by atomic mass is 9.75. The number of aryl methyl sites for hydroxylation is 2. The molecular weight excluding hydrogens is 1550 g/mol. The SMILES string of the molecule is N=C(N)c1cnc(-c2ccc(-c3cnc(C(=N)N)cn3)cc2)cn1.N=C(N)c1ncc(-c2ccc(-c3cnc(C(=N)N)nc3)cc2)cn1.OB(O)c1ccc(B(O)O)cc1.[C-]#[N+]c1cnc(-c2ccc(-c3cnc(C#N)cn3)cc2)cn1.[C-]#[N+]c1cnc(C)cn1.[C-]#[N+]c1ncc(-c2ccc(-c3cnc(C#N)nc3)cc2)cn1.[C-]#[N+]c1ncc(C)cn1. The summed E-state index contributed by atoms with van der Waals surface area (Å²) in [6, 6.07) is 40.1. The van der Waals surface area contributed by atoms with Crippen LogP contribution >= 0.6 is 0 Å². The van der Waals surface area contributed by atoms with Gasteiger partial charge in [0.05, 0.1) is 97.1 Å². The van der Waals surface area contributed by atoms with Crippen molar-refractivity contribution in [2.45, 2.75) is 13.8 Å². The molecule has 38 nitrogen and oxygen atoms in total. The summed E-state index contributed by atoms with van der Waals surface area (Å²) >= 11 is 0. The minimum absolute atomic E-state index is 0.114. The molecule has 590 valence electrons. The summed E-state index contributed by atoms with van der Waals surface area (Å²) < 4.78 is 0. The zero-order chi connectivity index (χ0) is 87.5. The smallest absolute Gasteiger partial charge is 0.423 e. The minimum Gasteiger partial charge on any atom is -0.423 e. The van der Waals surface area contributed by atoms with Gasteiger partial charge in [-0.1, -0.05) is 134 Å². The highest BCUT2D eigenvalue weighted by atomic mass is 16.4. The van der Waals surface area contributed by atoms with Gasteiger partial charge in [-0.15, -0.1) is 23.1 Å². The summed E-state index contributed by atoms with van der Waals surface area (Å²) in [5.74, 6) is 0.976. The van der Waals surface area contributed by atoms with Gasteiger partial charge in [-0.25, -0.2) is 44.9 Å². The van der Waals surface area contributed by atoms with Gasteiger partial charge in [-0.2, -0.15) is 30.5 Å². The van der Waals surface area contributed by atoms with Gasteiger partial charge in [0, 0.05) is 87.3 Å². The van der Waals surface area contributed by atoms with E-state index in [0.29, 0.717) is 50.9 Å². The van der Waals surface area contributed by atoms with Crippen molar-refractivity contribution in [2.24, 2.45) is 22.9 Å². The van der Waals surface area contributed by atoms with Crippen LogP contribution in [0.25, 0.3) is 109 Å².